The first kappa shape index (κ1) is 15.0. The predicted octanol–water partition coefficient (Wildman–Crippen LogP) is 1.23. The van der Waals surface area contributed by atoms with Gasteiger partial charge in [0.2, 0.25) is 0 Å². The second-order valence-corrected chi connectivity index (χ2v) is 3.36. The van der Waals surface area contributed by atoms with E-state index in [1.807, 2.05) is 5.32 Å². The molecule has 1 aromatic carbocycles. The van der Waals surface area contributed by atoms with Crippen LogP contribution in [0.3, 0.4) is 0 Å². The summed E-state index contributed by atoms with van der Waals surface area (Å²) >= 11 is 0. The van der Waals surface area contributed by atoms with Crippen molar-refractivity contribution in [2.24, 2.45) is 0 Å². The maximum atomic E-state index is 13.2. The highest BCUT2D eigenvalue weighted by Gasteiger charge is 2.15. The molecule has 0 saturated carbocycles. The van der Waals surface area contributed by atoms with E-state index in [9.17, 15) is 22.8 Å². The van der Waals surface area contributed by atoms with Crippen LogP contribution in [0, 0.1) is 17.5 Å². The first-order valence-electron chi connectivity index (χ1n) is 5.03. The number of halogens is 3. The second-order valence-electron chi connectivity index (χ2n) is 3.36. The molecule has 0 aliphatic rings. The molecule has 0 aliphatic heterocycles. The molecule has 19 heavy (non-hydrogen) atoms. The van der Waals surface area contributed by atoms with Gasteiger partial charge in [-0.25, -0.2) is 18.0 Å². The minimum Gasteiger partial charge on any atom is -0.454 e. The van der Waals surface area contributed by atoms with Gasteiger partial charge in [-0.15, -0.1) is 0 Å². The van der Waals surface area contributed by atoms with E-state index in [-0.39, 0.29) is 6.61 Å². The lowest BCUT2D eigenvalue weighted by atomic mass is 10.3. The van der Waals surface area contributed by atoms with Gasteiger partial charge in [0.25, 0.3) is 5.91 Å². The van der Waals surface area contributed by atoms with Crippen LogP contribution in [0.15, 0.2) is 12.1 Å². The number of rotatable bonds is 5. The Morgan fingerprint density at radius 2 is 1.84 bits per heavy atom. The quantitative estimate of drug-likeness (QED) is 0.649. The summed E-state index contributed by atoms with van der Waals surface area (Å²) in [5.41, 5.74) is -0.549. The Kier molecular flexibility index (Phi) is 5.31. The molecule has 0 aromatic heterocycles. The number of hydrogen-bond donors (Lipinski definition) is 1. The number of carbonyl (C=O) groups is 2. The molecule has 0 fully saturated rings. The van der Waals surface area contributed by atoms with Crippen LogP contribution in [0.2, 0.25) is 0 Å². The van der Waals surface area contributed by atoms with Crippen LogP contribution < -0.4 is 5.32 Å². The average molecular weight is 277 g/mol. The van der Waals surface area contributed by atoms with Crippen molar-refractivity contribution in [3.8, 4) is 0 Å². The molecular weight excluding hydrogens is 267 g/mol. The highest BCUT2D eigenvalue weighted by Crippen LogP contribution is 2.19. The average Bonchev–Trinajstić information content (AvgIpc) is 2.37. The number of anilines is 1. The third kappa shape index (κ3) is 4.25. The number of methoxy groups -OCH3 is 1. The molecule has 0 bridgehead atoms. The zero-order valence-corrected chi connectivity index (χ0v) is 9.84. The van der Waals surface area contributed by atoms with Gasteiger partial charge in [-0.2, -0.15) is 0 Å². The normalized spacial score (nSPS) is 10.1. The number of benzene rings is 1. The summed E-state index contributed by atoms with van der Waals surface area (Å²) in [5, 5.41) is 1.94. The van der Waals surface area contributed by atoms with Crippen LogP contribution in [0.4, 0.5) is 18.9 Å². The topological polar surface area (TPSA) is 64.6 Å². The van der Waals surface area contributed by atoms with Crippen molar-refractivity contribution in [2.45, 2.75) is 0 Å². The van der Waals surface area contributed by atoms with Crippen molar-refractivity contribution >= 4 is 17.6 Å². The molecule has 0 aliphatic carbocycles. The maximum Gasteiger partial charge on any atom is 0.332 e. The van der Waals surface area contributed by atoms with E-state index >= 15 is 0 Å². The number of amides is 1. The Balaban J connectivity index is 2.58. The minimum atomic E-state index is -1.70. The summed E-state index contributed by atoms with van der Waals surface area (Å²) in [6.07, 6.45) is 0. The Morgan fingerprint density at radius 3 is 2.47 bits per heavy atom. The van der Waals surface area contributed by atoms with Gasteiger partial charge in [-0.3, -0.25) is 4.79 Å². The van der Waals surface area contributed by atoms with Gasteiger partial charge in [0, 0.05) is 7.11 Å². The minimum absolute atomic E-state index is 0.340. The third-order valence-electron chi connectivity index (χ3n) is 1.94. The van der Waals surface area contributed by atoms with Crippen LogP contribution in [0.1, 0.15) is 0 Å². The predicted molar refractivity (Wildman–Crippen MR) is 57.8 cm³/mol. The lowest BCUT2D eigenvalue weighted by Gasteiger charge is -2.07. The molecule has 1 rings (SSSR count). The van der Waals surface area contributed by atoms with E-state index in [1.165, 1.54) is 7.11 Å². The lowest BCUT2D eigenvalue weighted by Crippen LogP contribution is -2.23. The summed E-state index contributed by atoms with van der Waals surface area (Å²) in [5.74, 6) is -6.29. The largest absolute Gasteiger partial charge is 0.454 e. The van der Waals surface area contributed by atoms with Crippen LogP contribution >= 0.6 is 0 Å². The fourth-order valence-electron chi connectivity index (χ4n) is 1.11. The SMILES string of the molecule is COCC(=O)OCC(=O)Nc1ccc(F)c(F)c1F. The van der Waals surface area contributed by atoms with E-state index in [0.717, 1.165) is 6.07 Å². The molecule has 8 heteroatoms. The van der Waals surface area contributed by atoms with Crippen molar-refractivity contribution in [1.82, 2.24) is 0 Å². The smallest absolute Gasteiger partial charge is 0.332 e. The molecule has 0 heterocycles. The van der Waals surface area contributed by atoms with Crippen molar-refractivity contribution in [3.63, 3.8) is 0 Å². The van der Waals surface area contributed by atoms with Gasteiger partial charge in [0.05, 0.1) is 5.69 Å². The van der Waals surface area contributed by atoms with E-state index < -0.39 is 41.6 Å². The molecule has 0 saturated heterocycles. The van der Waals surface area contributed by atoms with Crippen LogP contribution in [0.25, 0.3) is 0 Å². The Hall–Kier alpha value is -2.09. The Bertz CT molecular complexity index is 493. The molecule has 1 N–H and O–H groups in total. The molecule has 5 nitrogen and oxygen atoms in total. The van der Waals surface area contributed by atoms with Crippen molar-refractivity contribution in [2.75, 3.05) is 25.6 Å². The maximum absolute atomic E-state index is 13.2. The standard InChI is InChI=1S/C11H10F3NO4/c1-18-5-9(17)19-4-8(16)15-7-3-2-6(12)10(13)11(7)14/h2-3H,4-5H2,1H3,(H,15,16). The number of ether oxygens (including phenoxy) is 2. The van der Waals surface area contributed by atoms with Gasteiger partial charge in [0.15, 0.2) is 24.1 Å². The summed E-state index contributed by atoms with van der Waals surface area (Å²) in [7, 11) is 1.26. The fourth-order valence-corrected chi connectivity index (χ4v) is 1.11. The lowest BCUT2D eigenvalue weighted by molar-refractivity contribution is -0.150. The van der Waals surface area contributed by atoms with Gasteiger partial charge < -0.3 is 14.8 Å². The van der Waals surface area contributed by atoms with Gasteiger partial charge in [-0.1, -0.05) is 0 Å². The second kappa shape index (κ2) is 6.74. The van der Waals surface area contributed by atoms with Gasteiger partial charge in [-0.05, 0) is 12.1 Å². The Labute approximate surface area is 106 Å². The zero-order chi connectivity index (χ0) is 14.4. The number of hydrogen-bond acceptors (Lipinski definition) is 4. The molecule has 0 atom stereocenters. The van der Waals surface area contributed by atoms with Crippen molar-refractivity contribution in [3.05, 3.63) is 29.6 Å². The van der Waals surface area contributed by atoms with E-state index in [2.05, 4.69) is 9.47 Å². The van der Waals surface area contributed by atoms with Crippen LogP contribution in [-0.2, 0) is 19.1 Å². The monoisotopic (exact) mass is 277 g/mol. The van der Waals surface area contributed by atoms with Gasteiger partial charge in [0.1, 0.15) is 6.61 Å². The summed E-state index contributed by atoms with van der Waals surface area (Å²) in [6.45, 7) is -1.03. The molecule has 0 radical (unpaired) electrons. The number of nitrogens with one attached hydrogen (secondary N) is 1. The molecule has 104 valence electrons. The van der Waals surface area contributed by atoms with Crippen LogP contribution in [0.5, 0.6) is 0 Å². The fraction of sp³-hybridized carbons (Fsp3) is 0.273. The molecule has 0 spiro atoms. The van der Waals surface area contributed by atoms with Crippen molar-refractivity contribution < 1.29 is 32.2 Å². The Morgan fingerprint density at radius 1 is 1.16 bits per heavy atom. The number of esters is 1. The zero-order valence-electron chi connectivity index (χ0n) is 9.84. The summed E-state index contributed by atoms with van der Waals surface area (Å²) in [4.78, 5) is 22.1. The first-order valence-corrected chi connectivity index (χ1v) is 5.03. The first-order chi connectivity index (χ1) is 8.95. The van der Waals surface area contributed by atoms with E-state index in [0.29, 0.717) is 6.07 Å². The van der Waals surface area contributed by atoms with E-state index in [4.69, 9.17) is 0 Å². The van der Waals surface area contributed by atoms with E-state index in [1.54, 1.807) is 0 Å². The molecule has 1 amide bonds. The third-order valence-corrected chi connectivity index (χ3v) is 1.94. The van der Waals surface area contributed by atoms with Gasteiger partial charge >= 0.3 is 5.97 Å². The molecule has 1 aromatic rings. The van der Waals surface area contributed by atoms with Crippen molar-refractivity contribution in [1.29, 1.82) is 0 Å². The number of carbonyl (C=O) groups excluding carboxylic acids is 2. The summed E-state index contributed by atoms with van der Waals surface area (Å²) < 4.78 is 47.6. The highest BCUT2D eigenvalue weighted by atomic mass is 19.2. The summed E-state index contributed by atoms with van der Waals surface area (Å²) in [6, 6.07) is 1.51. The van der Waals surface area contributed by atoms with Crippen LogP contribution in [-0.4, -0.2) is 32.2 Å². The highest BCUT2D eigenvalue weighted by molar-refractivity contribution is 5.92. The molecular formula is C11H10F3NO4. The molecule has 0 unspecified atom stereocenters.